The minimum Gasteiger partial charge on any atom is -0.481 e. The second kappa shape index (κ2) is 20.2. The first-order valence-electron chi connectivity index (χ1n) is 20.1. The van der Waals surface area contributed by atoms with Crippen molar-refractivity contribution in [3.05, 3.63) is 23.5 Å². The molecule has 4 atom stereocenters. The van der Waals surface area contributed by atoms with Crippen molar-refractivity contribution in [3.63, 3.8) is 0 Å². The average molecular weight is 701 g/mol. The Morgan fingerprint density at radius 2 is 1.44 bits per heavy atom. The van der Waals surface area contributed by atoms with Gasteiger partial charge in [-0.05, 0) is 56.9 Å². The fourth-order valence-electron chi connectivity index (χ4n) is 8.01. The molecule has 4 unspecified atom stereocenters. The van der Waals surface area contributed by atoms with E-state index >= 15 is 0 Å². The van der Waals surface area contributed by atoms with Crippen LogP contribution in [-0.4, -0.2) is 52.3 Å². The molecule has 3 N–H and O–H groups in total. The average Bonchev–Trinajstić information content (AvgIpc) is 3.52. The summed E-state index contributed by atoms with van der Waals surface area (Å²) in [5.74, 6) is -2.42. The summed E-state index contributed by atoms with van der Waals surface area (Å²) in [6.07, 6.45) is 22.8. The predicted octanol–water partition coefficient (Wildman–Crippen LogP) is 10.5. The van der Waals surface area contributed by atoms with Crippen LogP contribution in [0, 0.1) is 16.7 Å². The Hall–Kier alpha value is -2.19. The highest BCUT2D eigenvalue weighted by molar-refractivity contribution is 6.01. The molecule has 1 aromatic rings. The molecule has 1 saturated heterocycles. The van der Waals surface area contributed by atoms with E-state index in [9.17, 15) is 19.5 Å². The summed E-state index contributed by atoms with van der Waals surface area (Å²) in [6, 6.07) is 1.63. The van der Waals surface area contributed by atoms with Crippen LogP contribution in [0.4, 0.5) is 0 Å². The summed E-state index contributed by atoms with van der Waals surface area (Å²) in [5.41, 5.74) is 1.04. The number of ether oxygens (including phenoxy) is 2. The van der Waals surface area contributed by atoms with Gasteiger partial charge in [-0.25, -0.2) is 0 Å². The monoisotopic (exact) mass is 701 g/mol. The molecule has 2 fully saturated rings. The molecule has 1 aliphatic heterocycles. The minimum absolute atomic E-state index is 0.0525. The Morgan fingerprint density at radius 1 is 0.880 bits per heavy atom. The van der Waals surface area contributed by atoms with Crippen molar-refractivity contribution in [2.45, 2.75) is 201 Å². The van der Waals surface area contributed by atoms with Crippen molar-refractivity contribution < 1.29 is 29.0 Å². The van der Waals surface area contributed by atoms with E-state index < -0.39 is 29.2 Å². The van der Waals surface area contributed by atoms with Gasteiger partial charge in [-0.1, -0.05) is 125 Å². The Morgan fingerprint density at radius 3 is 2.02 bits per heavy atom. The van der Waals surface area contributed by atoms with Gasteiger partial charge in [0.05, 0.1) is 13.0 Å². The maximum Gasteiger partial charge on any atom is 0.304 e. The number of unbranched alkanes of at least 4 members (excludes halogenated alkanes) is 12. The summed E-state index contributed by atoms with van der Waals surface area (Å²) in [7, 11) is 0. The molecule has 2 aliphatic rings. The topological polar surface area (TPSA) is 118 Å². The Labute approximate surface area is 304 Å². The van der Waals surface area contributed by atoms with E-state index in [-0.39, 0.29) is 30.1 Å². The lowest BCUT2D eigenvalue weighted by atomic mass is 9.72. The smallest absolute Gasteiger partial charge is 0.304 e. The molecule has 0 radical (unpaired) electrons. The number of nitrogens with one attached hydrogen (secondary N) is 2. The van der Waals surface area contributed by atoms with E-state index in [1.807, 2.05) is 27.7 Å². The Balaban J connectivity index is 1.43. The molecular weight excluding hydrogens is 628 g/mol. The van der Waals surface area contributed by atoms with Gasteiger partial charge in [0.15, 0.2) is 11.6 Å². The van der Waals surface area contributed by atoms with Gasteiger partial charge in [0, 0.05) is 41.2 Å². The van der Waals surface area contributed by atoms with E-state index in [2.05, 4.69) is 31.1 Å². The number of carbonyl (C=O) groups excluding carboxylic acids is 2. The van der Waals surface area contributed by atoms with Gasteiger partial charge in [0.2, 0.25) is 5.91 Å². The van der Waals surface area contributed by atoms with E-state index in [0.29, 0.717) is 29.7 Å². The maximum absolute atomic E-state index is 14.0. The van der Waals surface area contributed by atoms with Crippen molar-refractivity contribution in [1.82, 2.24) is 10.3 Å². The molecule has 0 bridgehead atoms. The number of Topliss-reactive ketones (excluding diaryl/α,β-unsaturated/α-hetero) is 1. The van der Waals surface area contributed by atoms with Crippen LogP contribution in [0.3, 0.4) is 0 Å². The summed E-state index contributed by atoms with van der Waals surface area (Å²) in [4.78, 5) is 42.6. The SMILES string of the molecule is CC(C)(C)CCCCCCCCCCCCCCCC(=O)NC1CCCCC1C(CC(=O)O)c1[nH]ccc1C(=O)C1OC(C)(C)OCC1(C)C. The normalized spacial score (nSPS) is 22.6. The molecule has 286 valence electrons. The lowest BCUT2D eigenvalue weighted by Gasteiger charge is -2.45. The zero-order valence-electron chi connectivity index (χ0n) is 32.8. The fraction of sp³-hybridized carbons (Fsp3) is 0.833. The summed E-state index contributed by atoms with van der Waals surface area (Å²) in [5, 5.41) is 13.3. The van der Waals surface area contributed by atoms with Crippen molar-refractivity contribution in [2.75, 3.05) is 6.61 Å². The second-order valence-electron chi connectivity index (χ2n) is 17.8. The number of carboxylic acid groups (broad SMARTS) is 1. The van der Waals surface area contributed by atoms with Gasteiger partial charge in [-0.15, -0.1) is 0 Å². The predicted molar refractivity (Wildman–Crippen MR) is 201 cm³/mol. The first-order chi connectivity index (χ1) is 23.6. The molecule has 3 rings (SSSR count). The summed E-state index contributed by atoms with van der Waals surface area (Å²) >= 11 is 0. The van der Waals surface area contributed by atoms with Crippen molar-refractivity contribution in [2.24, 2.45) is 16.7 Å². The number of carbonyl (C=O) groups is 3. The van der Waals surface area contributed by atoms with Gasteiger partial charge >= 0.3 is 5.97 Å². The van der Waals surface area contributed by atoms with Crippen LogP contribution in [0.25, 0.3) is 0 Å². The third-order valence-electron chi connectivity index (χ3n) is 11.0. The van der Waals surface area contributed by atoms with Crippen molar-refractivity contribution in [1.29, 1.82) is 0 Å². The zero-order valence-corrected chi connectivity index (χ0v) is 32.8. The number of ketones is 1. The molecule has 50 heavy (non-hydrogen) atoms. The highest BCUT2D eigenvalue weighted by Crippen LogP contribution is 2.42. The number of amides is 1. The number of H-pyrrole nitrogens is 1. The number of rotatable bonds is 22. The fourth-order valence-corrected chi connectivity index (χ4v) is 8.01. The van der Waals surface area contributed by atoms with Gasteiger partial charge in [0.25, 0.3) is 0 Å². The third kappa shape index (κ3) is 14.4. The molecule has 1 amide bonds. The molecule has 1 aliphatic carbocycles. The Kier molecular flexibility index (Phi) is 17.0. The molecule has 8 nitrogen and oxygen atoms in total. The lowest BCUT2D eigenvalue weighted by molar-refractivity contribution is -0.298. The molecule has 1 aromatic heterocycles. The maximum atomic E-state index is 14.0. The largest absolute Gasteiger partial charge is 0.481 e. The summed E-state index contributed by atoms with van der Waals surface area (Å²) in [6.45, 7) is 14.9. The van der Waals surface area contributed by atoms with Crippen LogP contribution < -0.4 is 5.32 Å². The van der Waals surface area contributed by atoms with Gasteiger partial charge in [-0.2, -0.15) is 0 Å². The number of carboxylic acids is 1. The van der Waals surface area contributed by atoms with Crippen LogP contribution >= 0.6 is 0 Å². The second-order valence-corrected chi connectivity index (χ2v) is 17.8. The first kappa shape index (κ1) is 42.2. The highest BCUT2D eigenvalue weighted by Gasteiger charge is 2.47. The number of aromatic amines is 1. The van der Waals surface area contributed by atoms with Crippen LogP contribution in [0.2, 0.25) is 0 Å². The van der Waals surface area contributed by atoms with Gasteiger partial charge in [-0.3, -0.25) is 14.4 Å². The quantitative estimate of drug-likeness (QED) is 0.0818. The van der Waals surface area contributed by atoms with Crippen LogP contribution in [-0.2, 0) is 19.1 Å². The molecule has 1 saturated carbocycles. The highest BCUT2D eigenvalue weighted by atomic mass is 16.7. The first-order valence-corrected chi connectivity index (χ1v) is 20.1. The van der Waals surface area contributed by atoms with Crippen LogP contribution in [0.5, 0.6) is 0 Å². The lowest BCUT2D eigenvalue weighted by Crippen LogP contribution is -2.53. The molecular formula is C42H72N2O6. The molecule has 2 heterocycles. The van der Waals surface area contributed by atoms with Crippen molar-refractivity contribution >= 4 is 17.7 Å². The van der Waals surface area contributed by atoms with Crippen LogP contribution in [0.15, 0.2) is 12.3 Å². The van der Waals surface area contributed by atoms with E-state index in [4.69, 9.17) is 9.47 Å². The van der Waals surface area contributed by atoms with Crippen LogP contribution in [0.1, 0.15) is 199 Å². The van der Waals surface area contributed by atoms with Gasteiger partial charge in [0.1, 0.15) is 6.10 Å². The number of hydrogen-bond donors (Lipinski definition) is 3. The van der Waals surface area contributed by atoms with E-state index in [0.717, 1.165) is 38.5 Å². The molecule has 8 heteroatoms. The summed E-state index contributed by atoms with van der Waals surface area (Å²) < 4.78 is 12.0. The minimum atomic E-state index is -0.913. The zero-order chi connectivity index (χ0) is 36.8. The standard InChI is InChI=1S/C42H72N2O6/c1-40(2,3)27-22-18-16-14-12-10-8-9-11-13-15-17-19-25-35(45)44-34-24-21-20-23-31(34)33(29-36(46)47)37-32(26-28-43-37)38(48)39-41(4,5)30-49-42(6,7)50-39/h26,28,31,33-34,39,43H,8-25,27,29-30H2,1-7H3,(H,44,45)(H,46,47). The van der Waals surface area contributed by atoms with E-state index in [1.165, 1.54) is 77.0 Å². The third-order valence-corrected chi connectivity index (χ3v) is 11.0. The van der Waals surface area contributed by atoms with E-state index in [1.54, 1.807) is 12.3 Å². The molecule has 0 spiro atoms. The Bertz CT molecular complexity index is 1180. The van der Waals surface area contributed by atoms with Gasteiger partial charge < -0.3 is 24.9 Å². The van der Waals surface area contributed by atoms with Crippen molar-refractivity contribution in [3.8, 4) is 0 Å². The molecule has 0 aromatic carbocycles. The number of aromatic nitrogens is 1. The number of aliphatic carboxylic acids is 1. The number of hydrogen-bond acceptors (Lipinski definition) is 5.